The molecule has 0 saturated heterocycles. The van der Waals surface area contributed by atoms with Gasteiger partial charge < -0.3 is 29.4 Å². The maximum Gasteiger partial charge on any atom is 0.509 e. The maximum absolute atomic E-state index is 12.3. The van der Waals surface area contributed by atoms with E-state index in [1.54, 1.807) is 26.8 Å². The van der Waals surface area contributed by atoms with Crippen LogP contribution >= 0.6 is 0 Å². The Bertz CT molecular complexity index is 956. The highest BCUT2D eigenvalue weighted by Gasteiger charge is 2.25. The van der Waals surface area contributed by atoms with Crippen molar-refractivity contribution in [1.29, 1.82) is 0 Å². The van der Waals surface area contributed by atoms with Crippen molar-refractivity contribution < 1.29 is 43.2 Å². The molecule has 2 N–H and O–H groups in total. The van der Waals surface area contributed by atoms with Crippen LogP contribution in [0.4, 0.5) is 4.79 Å². The van der Waals surface area contributed by atoms with Crippen LogP contribution in [0.3, 0.4) is 0 Å². The van der Waals surface area contributed by atoms with E-state index in [1.807, 2.05) is 34.6 Å². The highest BCUT2D eigenvalue weighted by Crippen LogP contribution is 2.30. The van der Waals surface area contributed by atoms with Crippen LogP contribution in [0, 0.1) is 11.8 Å². The predicted octanol–water partition coefficient (Wildman–Crippen LogP) is 4.91. The zero-order valence-electron chi connectivity index (χ0n) is 23.8. The number of carboxylic acid groups (broad SMARTS) is 1. The van der Waals surface area contributed by atoms with Gasteiger partial charge in [-0.1, -0.05) is 40.7 Å². The minimum Gasteiger partial charge on any atom is -0.480 e. The van der Waals surface area contributed by atoms with Gasteiger partial charge in [0.25, 0.3) is 0 Å². The molecule has 2 atom stereocenters. The number of hydrogen-bond acceptors (Lipinski definition) is 9. The van der Waals surface area contributed by atoms with Crippen molar-refractivity contribution in [3.05, 3.63) is 23.8 Å². The summed E-state index contributed by atoms with van der Waals surface area (Å²) in [6.45, 7) is 14.6. The molecular weight excluding hydrogens is 494 g/mol. The summed E-state index contributed by atoms with van der Waals surface area (Å²) in [7, 11) is 0. The number of hydrogen-bond donors (Lipinski definition) is 2. The average Bonchev–Trinajstić information content (AvgIpc) is 2.76. The standard InChI is InChI=1S/C28H43NO9/c1-9-28(7,8)38-27(34)35-19(6)16-29-21(26(32)33)14-20-10-11-22(36-24(30)12-17(2)3)23(15-20)37-25(31)13-18(4)5/h10-11,15,17-19,21,29H,9,12-14,16H2,1-8H3,(H,32,33)/t19?,21-/m0/s1. The van der Waals surface area contributed by atoms with Crippen molar-refractivity contribution in [3.63, 3.8) is 0 Å². The number of carbonyl (C=O) groups excluding carboxylic acids is 3. The number of benzene rings is 1. The van der Waals surface area contributed by atoms with Gasteiger partial charge >= 0.3 is 24.1 Å². The molecule has 1 aromatic carbocycles. The summed E-state index contributed by atoms with van der Waals surface area (Å²) in [6.07, 6.45) is -0.472. The van der Waals surface area contributed by atoms with E-state index in [1.165, 1.54) is 12.1 Å². The van der Waals surface area contributed by atoms with Gasteiger partial charge in [0.1, 0.15) is 17.7 Å². The fraction of sp³-hybridized carbons (Fsp3) is 0.643. The topological polar surface area (TPSA) is 137 Å². The maximum atomic E-state index is 12.3. The van der Waals surface area contributed by atoms with Gasteiger partial charge in [0.15, 0.2) is 11.5 Å². The Labute approximate surface area is 225 Å². The predicted molar refractivity (Wildman–Crippen MR) is 141 cm³/mol. The second-order valence-corrected chi connectivity index (χ2v) is 10.8. The lowest BCUT2D eigenvalue weighted by Gasteiger charge is -2.24. The molecule has 0 radical (unpaired) electrons. The molecular formula is C28H43NO9. The van der Waals surface area contributed by atoms with Gasteiger partial charge in [0.2, 0.25) is 0 Å². The molecule has 1 rings (SSSR count). The molecule has 214 valence electrons. The van der Waals surface area contributed by atoms with E-state index in [-0.39, 0.29) is 49.1 Å². The number of carboxylic acids is 1. The van der Waals surface area contributed by atoms with Gasteiger partial charge in [0.05, 0.1) is 0 Å². The first-order chi connectivity index (χ1) is 17.6. The highest BCUT2D eigenvalue weighted by molar-refractivity contribution is 5.77. The fourth-order valence-corrected chi connectivity index (χ4v) is 3.16. The molecule has 0 aliphatic heterocycles. The number of nitrogens with one attached hydrogen (secondary N) is 1. The molecule has 0 bridgehead atoms. The number of rotatable bonds is 15. The van der Waals surface area contributed by atoms with Crippen molar-refractivity contribution in [1.82, 2.24) is 5.32 Å². The summed E-state index contributed by atoms with van der Waals surface area (Å²) in [6, 6.07) is 3.57. The van der Waals surface area contributed by atoms with Crippen molar-refractivity contribution in [2.24, 2.45) is 11.8 Å². The quantitative estimate of drug-likeness (QED) is 0.234. The smallest absolute Gasteiger partial charge is 0.480 e. The number of ether oxygens (including phenoxy) is 4. The molecule has 0 fully saturated rings. The van der Waals surface area contributed by atoms with E-state index < -0.39 is 41.8 Å². The van der Waals surface area contributed by atoms with Gasteiger partial charge in [0, 0.05) is 19.4 Å². The Balaban J connectivity index is 2.96. The second-order valence-electron chi connectivity index (χ2n) is 10.8. The summed E-state index contributed by atoms with van der Waals surface area (Å²) < 4.78 is 21.4. The minimum absolute atomic E-state index is 0.0321. The third-order valence-electron chi connectivity index (χ3n) is 5.50. The SMILES string of the molecule is CCC(C)(C)OC(=O)OC(C)CN[C@@H](Cc1ccc(OC(=O)CC(C)C)c(OC(=O)CC(C)C)c1)C(=O)O. The van der Waals surface area contributed by atoms with E-state index in [0.29, 0.717) is 12.0 Å². The summed E-state index contributed by atoms with van der Waals surface area (Å²) in [5.41, 5.74) is -0.127. The lowest BCUT2D eigenvalue weighted by Crippen LogP contribution is -2.43. The van der Waals surface area contributed by atoms with Gasteiger partial charge in [-0.3, -0.25) is 14.4 Å². The summed E-state index contributed by atoms with van der Waals surface area (Å²) >= 11 is 0. The molecule has 10 nitrogen and oxygen atoms in total. The number of carbonyl (C=O) groups is 4. The monoisotopic (exact) mass is 537 g/mol. The van der Waals surface area contributed by atoms with E-state index in [9.17, 15) is 24.3 Å². The third-order valence-corrected chi connectivity index (χ3v) is 5.50. The zero-order chi connectivity index (χ0) is 29.0. The van der Waals surface area contributed by atoms with Crippen molar-refractivity contribution in [2.75, 3.05) is 6.54 Å². The van der Waals surface area contributed by atoms with Crippen LogP contribution in [0.25, 0.3) is 0 Å². The number of aliphatic carboxylic acids is 1. The van der Waals surface area contributed by atoms with Gasteiger partial charge in [-0.25, -0.2) is 4.79 Å². The van der Waals surface area contributed by atoms with E-state index in [4.69, 9.17) is 18.9 Å². The third kappa shape index (κ3) is 12.9. The molecule has 1 unspecified atom stereocenters. The normalized spacial score (nSPS) is 13.1. The Hall–Kier alpha value is -3.14. The van der Waals surface area contributed by atoms with Crippen molar-refractivity contribution >= 4 is 24.1 Å². The highest BCUT2D eigenvalue weighted by atomic mass is 16.7. The molecule has 0 amide bonds. The first-order valence-electron chi connectivity index (χ1n) is 13.0. The van der Waals surface area contributed by atoms with Crippen LogP contribution in [-0.2, 0) is 30.3 Å². The zero-order valence-corrected chi connectivity index (χ0v) is 23.8. The van der Waals surface area contributed by atoms with E-state index in [0.717, 1.165) is 0 Å². The summed E-state index contributed by atoms with van der Waals surface area (Å²) in [5, 5.41) is 12.6. The van der Waals surface area contributed by atoms with Crippen LogP contribution in [0.5, 0.6) is 11.5 Å². The Kier molecular flexibility index (Phi) is 13.3. The lowest BCUT2D eigenvalue weighted by atomic mass is 10.0. The largest absolute Gasteiger partial charge is 0.509 e. The molecule has 0 spiro atoms. The van der Waals surface area contributed by atoms with E-state index >= 15 is 0 Å². The Morgan fingerprint density at radius 2 is 1.47 bits per heavy atom. The molecule has 1 aromatic rings. The van der Waals surface area contributed by atoms with Crippen LogP contribution < -0.4 is 14.8 Å². The van der Waals surface area contributed by atoms with Gasteiger partial charge in [-0.2, -0.15) is 0 Å². The summed E-state index contributed by atoms with van der Waals surface area (Å²) in [5.74, 6) is -1.78. The first kappa shape index (κ1) is 32.9. The Morgan fingerprint density at radius 1 is 0.921 bits per heavy atom. The molecule has 0 aliphatic rings. The second kappa shape index (κ2) is 15.3. The lowest BCUT2D eigenvalue weighted by molar-refractivity contribution is -0.139. The van der Waals surface area contributed by atoms with Crippen molar-refractivity contribution in [2.45, 2.75) is 98.8 Å². The first-order valence-corrected chi connectivity index (χ1v) is 13.0. The van der Waals surface area contributed by atoms with Crippen LogP contribution in [0.15, 0.2) is 18.2 Å². The molecule has 10 heteroatoms. The van der Waals surface area contributed by atoms with Crippen LogP contribution in [-0.4, -0.2) is 53.5 Å². The number of esters is 2. The van der Waals surface area contributed by atoms with Crippen LogP contribution in [0.2, 0.25) is 0 Å². The average molecular weight is 538 g/mol. The van der Waals surface area contributed by atoms with Gasteiger partial charge in [-0.15, -0.1) is 0 Å². The molecule has 0 aliphatic carbocycles. The van der Waals surface area contributed by atoms with Crippen LogP contribution in [0.1, 0.15) is 80.2 Å². The molecule has 0 heterocycles. The van der Waals surface area contributed by atoms with Gasteiger partial charge in [-0.05, 0) is 63.1 Å². The Morgan fingerprint density at radius 3 is 1.97 bits per heavy atom. The molecule has 0 saturated carbocycles. The molecule has 0 aromatic heterocycles. The molecule has 38 heavy (non-hydrogen) atoms. The van der Waals surface area contributed by atoms with Crippen molar-refractivity contribution in [3.8, 4) is 11.5 Å². The fourth-order valence-electron chi connectivity index (χ4n) is 3.16. The van der Waals surface area contributed by atoms with E-state index in [2.05, 4.69) is 5.32 Å². The minimum atomic E-state index is -1.11. The summed E-state index contributed by atoms with van der Waals surface area (Å²) in [4.78, 5) is 48.5.